The number of H-pyrrole nitrogens is 1. The number of halogens is 1. The van der Waals surface area contributed by atoms with Crippen molar-refractivity contribution in [3.8, 4) is 17.4 Å². The standard InChI is InChI=1S/C22H23N5O2.C18H18BrN3O2.C4H6N2.CH4/c1-14-11-27(13-23-14)20-10-9-18(25-22(20)28-2)21-24-19(12-29-26-21)17-7-5-16(6-8-17)15-3-4-15;1-23-18-14(19)8-9-15(21-18)17-20-16(10-24-22-17)13-6-4-12(5-7-13)11-2-3-11;1-4-2-5-3-6-4;/h5-11,13,15,19H,3-4,12H2,1-2H3,(H,24,26);4-9,11,16H,2-3,10H2,1H3,(H,20,22);2-3H,1H3,(H,5,6);1H4. The van der Waals surface area contributed by atoms with Crippen LogP contribution in [0.15, 0.2) is 112 Å². The Hall–Kier alpha value is -5.90. The van der Waals surface area contributed by atoms with Gasteiger partial charge in [0.1, 0.15) is 42.4 Å². The van der Waals surface area contributed by atoms with Crippen LogP contribution in [0.1, 0.15) is 102 Å². The summed E-state index contributed by atoms with van der Waals surface area (Å²) in [6.07, 6.45) is 12.4. The molecule has 6 heterocycles. The number of rotatable bonds is 9. The van der Waals surface area contributed by atoms with Gasteiger partial charge in [-0.15, -0.1) is 0 Å². The fourth-order valence-corrected chi connectivity index (χ4v) is 7.08. The Kier molecular flexibility index (Phi) is 13.7. The first-order chi connectivity index (χ1) is 28.8. The third-order valence-electron chi connectivity index (χ3n) is 10.3. The SMILES string of the molecule is C.COc1nc(C2=NC(c3ccc(C4CC4)cc3)CON2)ccc1-n1cnc(C)c1.COc1nc(C2=NC(c3ccc(C4CC4)cc3)CON2)ccc1Br.Cc1cnc[nH]1. The lowest BCUT2D eigenvalue weighted by atomic mass is 10.0. The molecule has 4 aromatic heterocycles. The van der Waals surface area contributed by atoms with E-state index in [2.05, 4.69) is 100 Å². The van der Waals surface area contributed by atoms with Gasteiger partial charge in [0.25, 0.3) is 0 Å². The maximum Gasteiger partial charge on any atom is 0.238 e. The maximum absolute atomic E-state index is 5.61. The van der Waals surface area contributed by atoms with E-state index in [1.54, 1.807) is 33.1 Å². The van der Waals surface area contributed by atoms with Crippen molar-refractivity contribution in [2.75, 3.05) is 27.4 Å². The number of ether oxygens (including phenoxy) is 2. The van der Waals surface area contributed by atoms with Crippen LogP contribution in [0.25, 0.3) is 5.69 Å². The van der Waals surface area contributed by atoms with Gasteiger partial charge < -0.3 is 19.0 Å². The summed E-state index contributed by atoms with van der Waals surface area (Å²) >= 11 is 3.41. The van der Waals surface area contributed by atoms with E-state index in [4.69, 9.17) is 29.1 Å². The zero-order chi connectivity index (χ0) is 40.7. The van der Waals surface area contributed by atoms with E-state index >= 15 is 0 Å². The van der Waals surface area contributed by atoms with Gasteiger partial charge in [0.15, 0.2) is 11.7 Å². The molecule has 2 fully saturated rings. The predicted octanol–water partition coefficient (Wildman–Crippen LogP) is 8.59. The number of aromatic nitrogens is 6. The van der Waals surface area contributed by atoms with Crippen LogP contribution in [-0.2, 0) is 9.68 Å². The van der Waals surface area contributed by atoms with Crippen LogP contribution in [0, 0.1) is 13.8 Å². The lowest BCUT2D eigenvalue weighted by molar-refractivity contribution is 0.0620. The summed E-state index contributed by atoms with van der Waals surface area (Å²) in [4.78, 5) is 40.7. The number of methoxy groups -OCH3 is 2. The highest BCUT2D eigenvalue weighted by Crippen LogP contribution is 2.41. The highest BCUT2D eigenvalue weighted by Gasteiger charge is 2.26. The normalized spacial score (nSPS) is 18.1. The largest absolute Gasteiger partial charge is 0.480 e. The lowest BCUT2D eigenvalue weighted by Gasteiger charge is -2.22. The van der Waals surface area contributed by atoms with E-state index in [-0.39, 0.29) is 19.5 Å². The van der Waals surface area contributed by atoms with Gasteiger partial charge in [-0.05, 0) is 114 Å². The van der Waals surface area contributed by atoms with Crippen LogP contribution in [0.2, 0.25) is 0 Å². The van der Waals surface area contributed by atoms with Crippen molar-refractivity contribution in [1.82, 2.24) is 40.4 Å². The monoisotopic (exact) mass is 874 g/mol. The number of nitrogens with zero attached hydrogens (tertiary/aromatic N) is 7. The summed E-state index contributed by atoms with van der Waals surface area (Å²) in [5, 5.41) is 0. The number of amidine groups is 2. The molecular formula is C45H51BrN10O4. The van der Waals surface area contributed by atoms with Gasteiger partial charge >= 0.3 is 0 Å². The highest BCUT2D eigenvalue weighted by atomic mass is 79.9. The van der Waals surface area contributed by atoms with E-state index < -0.39 is 0 Å². The number of aromatic amines is 1. The molecular weight excluding hydrogens is 824 g/mol. The molecule has 0 spiro atoms. The molecule has 10 rings (SSSR count). The third-order valence-corrected chi connectivity index (χ3v) is 10.9. The minimum absolute atomic E-state index is 0. The molecule has 0 bridgehead atoms. The van der Waals surface area contributed by atoms with Crippen LogP contribution in [0.4, 0.5) is 0 Å². The molecule has 2 unspecified atom stereocenters. The molecule has 60 heavy (non-hydrogen) atoms. The fraction of sp³-hybridized carbons (Fsp3) is 0.333. The molecule has 15 heteroatoms. The zero-order valence-electron chi connectivity index (χ0n) is 33.4. The predicted molar refractivity (Wildman–Crippen MR) is 235 cm³/mol. The summed E-state index contributed by atoms with van der Waals surface area (Å²) in [6.45, 7) is 4.89. The molecule has 0 radical (unpaired) electrons. The summed E-state index contributed by atoms with van der Waals surface area (Å²) in [5.41, 5.74) is 15.1. The van der Waals surface area contributed by atoms with Gasteiger partial charge in [0.05, 0.1) is 37.0 Å². The van der Waals surface area contributed by atoms with Crippen molar-refractivity contribution < 1.29 is 19.1 Å². The number of nitrogens with one attached hydrogen (secondary N) is 3. The van der Waals surface area contributed by atoms with Crippen molar-refractivity contribution >= 4 is 27.6 Å². The lowest BCUT2D eigenvalue weighted by Crippen LogP contribution is -2.33. The summed E-state index contributed by atoms with van der Waals surface area (Å²) in [7, 11) is 3.20. The number of aryl methyl sites for hydroxylation is 2. The first-order valence-corrected chi connectivity index (χ1v) is 20.5. The van der Waals surface area contributed by atoms with E-state index in [0.29, 0.717) is 48.0 Å². The van der Waals surface area contributed by atoms with Crippen LogP contribution < -0.4 is 20.4 Å². The van der Waals surface area contributed by atoms with Crippen molar-refractivity contribution in [2.45, 2.75) is 70.9 Å². The number of hydrogen-bond acceptors (Lipinski definition) is 12. The maximum atomic E-state index is 5.61. The molecule has 2 atom stereocenters. The highest BCUT2D eigenvalue weighted by molar-refractivity contribution is 9.10. The Bertz CT molecular complexity index is 2390. The number of pyridine rings is 2. The Labute approximate surface area is 359 Å². The van der Waals surface area contributed by atoms with Gasteiger partial charge in [-0.25, -0.2) is 30.9 Å². The molecule has 14 nitrogen and oxygen atoms in total. The second kappa shape index (κ2) is 19.4. The smallest absolute Gasteiger partial charge is 0.238 e. The molecule has 6 aromatic rings. The number of hydroxylamine groups is 2. The molecule has 0 saturated heterocycles. The van der Waals surface area contributed by atoms with Crippen molar-refractivity contribution in [3.05, 3.63) is 147 Å². The Morgan fingerprint density at radius 1 is 0.683 bits per heavy atom. The minimum atomic E-state index is -0.0664. The summed E-state index contributed by atoms with van der Waals surface area (Å²) in [5.74, 6) is 3.75. The molecule has 4 aliphatic rings. The van der Waals surface area contributed by atoms with Gasteiger partial charge in [-0.1, -0.05) is 56.0 Å². The minimum Gasteiger partial charge on any atom is -0.480 e. The second-order valence-electron chi connectivity index (χ2n) is 14.8. The number of hydrogen-bond donors (Lipinski definition) is 3. The number of benzene rings is 2. The van der Waals surface area contributed by atoms with Crippen LogP contribution >= 0.6 is 15.9 Å². The van der Waals surface area contributed by atoms with E-state index in [0.717, 1.165) is 44.5 Å². The first kappa shape index (κ1) is 42.2. The quantitative estimate of drug-likeness (QED) is 0.129. The topological polar surface area (TPSA) is 158 Å². The van der Waals surface area contributed by atoms with E-state index in [1.165, 1.54) is 36.8 Å². The number of imidazole rings is 2. The molecule has 3 N–H and O–H groups in total. The van der Waals surface area contributed by atoms with E-state index in [1.807, 2.05) is 48.9 Å². The summed E-state index contributed by atoms with van der Waals surface area (Å²) < 4.78 is 13.5. The molecule has 0 amide bonds. The van der Waals surface area contributed by atoms with Gasteiger partial charge in [0, 0.05) is 18.1 Å². The van der Waals surface area contributed by atoms with E-state index in [9.17, 15) is 0 Å². The van der Waals surface area contributed by atoms with Crippen LogP contribution in [0.3, 0.4) is 0 Å². The Morgan fingerprint density at radius 3 is 1.63 bits per heavy atom. The van der Waals surface area contributed by atoms with Gasteiger partial charge in [0.2, 0.25) is 11.8 Å². The van der Waals surface area contributed by atoms with Crippen molar-refractivity contribution in [3.63, 3.8) is 0 Å². The van der Waals surface area contributed by atoms with Gasteiger partial charge in [-0.2, -0.15) is 0 Å². The average molecular weight is 876 g/mol. The van der Waals surface area contributed by atoms with Gasteiger partial charge in [-0.3, -0.25) is 19.7 Å². The van der Waals surface area contributed by atoms with Crippen molar-refractivity contribution in [1.29, 1.82) is 0 Å². The second-order valence-corrected chi connectivity index (χ2v) is 15.6. The molecule has 312 valence electrons. The molecule has 2 saturated carbocycles. The Morgan fingerprint density at radius 2 is 1.20 bits per heavy atom. The molecule has 2 aliphatic heterocycles. The average Bonchev–Trinajstić information content (AvgIpc) is 4.23. The molecule has 2 aromatic carbocycles. The third kappa shape index (κ3) is 10.4. The first-order valence-electron chi connectivity index (χ1n) is 19.7. The Balaban J connectivity index is 0.000000159. The summed E-state index contributed by atoms with van der Waals surface area (Å²) in [6, 6.07) is 25.0. The van der Waals surface area contributed by atoms with Crippen LogP contribution in [0.5, 0.6) is 11.8 Å². The molecule has 2 aliphatic carbocycles. The number of aliphatic imine (C=N–C) groups is 2. The van der Waals surface area contributed by atoms with Crippen LogP contribution in [-0.4, -0.2) is 68.6 Å². The van der Waals surface area contributed by atoms with Crippen molar-refractivity contribution in [2.24, 2.45) is 9.98 Å². The fourth-order valence-electron chi connectivity index (χ4n) is 6.70. The zero-order valence-corrected chi connectivity index (χ0v) is 35.0.